The van der Waals surface area contributed by atoms with Gasteiger partial charge < -0.3 is 5.11 Å². The number of hydrogen-bond donors (Lipinski definition) is 1. The zero-order valence-corrected chi connectivity index (χ0v) is 7.40. The van der Waals surface area contributed by atoms with Crippen LogP contribution in [0, 0.1) is 0 Å². The molecule has 0 heterocycles. The van der Waals surface area contributed by atoms with Gasteiger partial charge in [-0.05, 0) is 20.8 Å². The summed E-state index contributed by atoms with van der Waals surface area (Å²) in [6.45, 7) is 4.87. The lowest BCUT2D eigenvalue weighted by Gasteiger charge is -2.20. The normalized spacial score (nSPS) is 15.2. The molecule has 0 aromatic carbocycles. The Morgan fingerprint density at radius 2 is 2.00 bits per heavy atom. The number of ketones is 1. The minimum Gasteiger partial charge on any atom is -0.384 e. The van der Waals surface area contributed by atoms with Crippen LogP contribution in [0.1, 0.15) is 20.8 Å². The van der Waals surface area contributed by atoms with Crippen LogP contribution in [0.25, 0.3) is 0 Å². The second-order valence-corrected chi connectivity index (χ2v) is 4.62. The molecule has 0 aliphatic heterocycles. The minimum atomic E-state index is -0.905. The Morgan fingerprint density at radius 1 is 1.67 bits per heavy atom. The van der Waals surface area contributed by atoms with Crippen LogP contribution in [0.5, 0.6) is 0 Å². The van der Waals surface area contributed by atoms with E-state index in [-0.39, 0.29) is 5.78 Å². The summed E-state index contributed by atoms with van der Waals surface area (Å²) in [4.78, 5) is 10.5. The number of carbonyl (C=O) groups is 1. The lowest BCUT2D eigenvalue weighted by Crippen LogP contribution is -2.35. The lowest BCUT2D eigenvalue weighted by atomic mass is 10.0. The van der Waals surface area contributed by atoms with E-state index in [9.17, 15) is 4.79 Å². The number of hydrogen-bond acceptors (Lipinski definition) is 2. The standard InChI is InChI=1S/C6H11BrO2/c1-4(8)5(9)6(2,3)7/h5,9H,1-3H3. The van der Waals surface area contributed by atoms with Gasteiger partial charge in [-0.3, -0.25) is 4.79 Å². The molecule has 0 saturated heterocycles. The molecule has 1 atom stereocenters. The van der Waals surface area contributed by atoms with E-state index in [1.165, 1.54) is 6.92 Å². The smallest absolute Gasteiger partial charge is 0.159 e. The van der Waals surface area contributed by atoms with Gasteiger partial charge in [-0.2, -0.15) is 0 Å². The van der Waals surface area contributed by atoms with Gasteiger partial charge in [-0.15, -0.1) is 0 Å². The summed E-state index contributed by atoms with van der Waals surface area (Å²) in [5, 5.41) is 9.07. The first kappa shape index (κ1) is 9.11. The molecule has 54 valence electrons. The van der Waals surface area contributed by atoms with Crippen LogP contribution in [0.2, 0.25) is 0 Å². The van der Waals surface area contributed by atoms with E-state index >= 15 is 0 Å². The summed E-state index contributed by atoms with van der Waals surface area (Å²) in [6, 6.07) is 0. The fraction of sp³-hybridized carbons (Fsp3) is 0.833. The Balaban J connectivity index is 4.04. The van der Waals surface area contributed by atoms with Crippen molar-refractivity contribution in [3.05, 3.63) is 0 Å². The molecular weight excluding hydrogens is 184 g/mol. The van der Waals surface area contributed by atoms with E-state index in [0.717, 1.165) is 0 Å². The van der Waals surface area contributed by atoms with Gasteiger partial charge in [0, 0.05) is 0 Å². The van der Waals surface area contributed by atoms with E-state index < -0.39 is 10.4 Å². The molecule has 1 unspecified atom stereocenters. The molecule has 0 radical (unpaired) electrons. The molecule has 0 aliphatic rings. The summed E-state index contributed by atoms with van der Waals surface area (Å²) in [5.74, 6) is -0.211. The van der Waals surface area contributed by atoms with Crippen molar-refractivity contribution < 1.29 is 9.90 Å². The van der Waals surface area contributed by atoms with Gasteiger partial charge in [-0.25, -0.2) is 0 Å². The Bertz CT molecular complexity index is 115. The first-order chi connectivity index (χ1) is 3.85. The fourth-order valence-corrected chi connectivity index (χ4v) is 0.806. The number of carbonyl (C=O) groups excluding carboxylic acids is 1. The highest BCUT2D eigenvalue weighted by Crippen LogP contribution is 2.20. The molecule has 0 spiro atoms. The molecule has 0 aromatic rings. The van der Waals surface area contributed by atoms with E-state index in [2.05, 4.69) is 15.9 Å². The first-order valence-corrected chi connectivity index (χ1v) is 3.52. The molecule has 0 bridgehead atoms. The van der Waals surface area contributed by atoms with Crippen molar-refractivity contribution in [2.45, 2.75) is 31.2 Å². The zero-order valence-electron chi connectivity index (χ0n) is 5.81. The molecule has 0 aromatic heterocycles. The highest BCUT2D eigenvalue weighted by Gasteiger charge is 2.27. The van der Waals surface area contributed by atoms with Crippen molar-refractivity contribution in [1.82, 2.24) is 0 Å². The maximum absolute atomic E-state index is 10.5. The molecule has 1 N–H and O–H groups in total. The Labute approximate surface area is 63.4 Å². The minimum absolute atomic E-state index is 0.211. The molecule has 9 heavy (non-hydrogen) atoms. The van der Waals surface area contributed by atoms with Crippen molar-refractivity contribution in [3.63, 3.8) is 0 Å². The number of halogens is 1. The van der Waals surface area contributed by atoms with Crippen LogP contribution >= 0.6 is 15.9 Å². The van der Waals surface area contributed by atoms with Gasteiger partial charge in [0.1, 0.15) is 6.10 Å². The van der Waals surface area contributed by atoms with Gasteiger partial charge in [-0.1, -0.05) is 15.9 Å². The number of aliphatic hydroxyl groups is 1. The molecule has 0 fully saturated rings. The molecular formula is C6H11BrO2. The summed E-state index contributed by atoms with van der Waals surface area (Å²) in [5.41, 5.74) is 0. The Hall–Kier alpha value is 0.110. The largest absolute Gasteiger partial charge is 0.384 e. The van der Waals surface area contributed by atoms with E-state index in [0.29, 0.717) is 0 Å². The van der Waals surface area contributed by atoms with Gasteiger partial charge in [0.25, 0.3) is 0 Å². The van der Waals surface area contributed by atoms with E-state index in [4.69, 9.17) is 5.11 Å². The van der Waals surface area contributed by atoms with Crippen LogP contribution in [0.4, 0.5) is 0 Å². The molecule has 0 rings (SSSR count). The predicted molar refractivity (Wildman–Crippen MR) is 39.7 cm³/mol. The van der Waals surface area contributed by atoms with Crippen LogP contribution in [-0.2, 0) is 4.79 Å². The number of rotatable bonds is 2. The molecule has 0 saturated carbocycles. The van der Waals surface area contributed by atoms with Crippen LogP contribution in [0.3, 0.4) is 0 Å². The van der Waals surface area contributed by atoms with Crippen molar-refractivity contribution in [1.29, 1.82) is 0 Å². The topological polar surface area (TPSA) is 37.3 Å². The maximum Gasteiger partial charge on any atom is 0.159 e. The summed E-state index contributed by atoms with van der Waals surface area (Å²) < 4.78 is -0.501. The van der Waals surface area contributed by atoms with E-state index in [1.54, 1.807) is 13.8 Å². The first-order valence-electron chi connectivity index (χ1n) is 2.73. The van der Waals surface area contributed by atoms with Crippen molar-refractivity contribution in [3.8, 4) is 0 Å². The lowest BCUT2D eigenvalue weighted by molar-refractivity contribution is -0.125. The zero-order chi connectivity index (χ0) is 7.65. The van der Waals surface area contributed by atoms with Gasteiger partial charge in [0.05, 0.1) is 4.32 Å². The van der Waals surface area contributed by atoms with Gasteiger partial charge in [0.2, 0.25) is 0 Å². The SMILES string of the molecule is CC(=O)C(O)C(C)(C)Br. The monoisotopic (exact) mass is 194 g/mol. The third-order valence-electron chi connectivity index (χ3n) is 1.04. The second-order valence-electron chi connectivity index (χ2n) is 2.58. The summed E-state index contributed by atoms with van der Waals surface area (Å²) in [7, 11) is 0. The van der Waals surface area contributed by atoms with E-state index in [1.807, 2.05) is 0 Å². The molecule has 0 amide bonds. The quantitative estimate of drug-likeness (QED) is 0.670. The van der Waals surface area contributed by atoms with Crippen LogP contribution in [0.15, 0.2) is 0 Å². The predicted octanol–water partition coefficient (Wildman–Crippen LogP) is 1.11. The average Bonchev–Trinajstić information content (AvgIpc) is 1.62. The summed E-state index contributed by atoms with van der Waals surface area (Å²) in [6.07, 6.45) is -0.905. The number of aliphatic hydroxyl groups excluding tert-OH is 1. The highest BCUT2D eigenvalue weighted by molar-refractivity contribution is 9.10. The van der Waals surface area contributed by atoms with Crippen molar-refractivity contribution in [2.75, 3.05) is 0 Å². The molecule has 0 aliphatic carbocycles. The van der Waals surface area contributed by atoms with Crippen LogP contribution in [-0.4, -0.2) is 21.3 Å². The number of alkyl halides is 1. The Morgan fingerprint density at radius 3 is 2.00 bits per heavy atom. The highest BCUT2D eigenvalue weighted by atomic mass is 79.9. The van der Waals surface area contributed by atoms with Gasteiger partial charge in [0.15, 0.2) is 5.78 Å². The van der Waals surface area contributed by atoms with Crippen LogP contribution < -0.4 is 0 Å². The molecule has 3 heteroatoms. The third kappa shape index (κ3) is 2.96. The third-order valence-corrected chi connectivity index (χ3v) is 1.47. The van der Waals surface area contributed by atoms with Gasteiger partial charge >= 0.3 is 0 Å². The second kappa shape index (κ2) is 2.80. The maximum atomic E-state index is 10.5. The molecule has 2 nitrogen and oxygen atoms in total. The number of Topliss-reactive ketones (excluding diaryl/α,β-unsaturated/α-hetero) is 1. The Kier molecular flexibility index (Phi) is 2.83. The fourth-order valence-electron chi connectivity index (χ4n) is 0.483. The van der Waals surface area contributed by atoms with Crippen molar-refractivity contribution in [2.24, 2.45) is 0 Å². The average molecular weight is 195 g/mol. The van der Waals surface area contributed by atoms with Crippen molar-refractivity contribution >= 4 is 21.7 Å². The summed E-state index contributed by atoms with van der Waals surface area (Å²) >= 11 is 3.17.